The van der Waals surface area contributed by atoms with Gasteiger partial charge in [0.1, 0.15) is 92.2 Å². The van der Waals surface area contributed by atoms with E-state index in [1.807, 2.05) is 156 Å². The van der Waals surface area contributed by atoms with Crippen molar-refractivity contribution in [3.05, 3.63) is 300 Å². The molecule has 4 aliphatic heterocycles. The second kappa shape index (κ2) is 44.3. The smallest absolute Gasteiger partial charge is 0.410 e. The fraction of sp³-hybridized carbons (Fsp3) is 0.265. The zero-order chi connectivity index (χ0) is 98.4. The maximum absolute atomic E-state index is 13.8. The number of fused-ring (bicyclic) bond motifs is 2. The number of aromatic amines is 3. The van der Waals surface area contributed by atoms with Gasteiger partial charge in [-0.05, 0) is 207 Å². The fourth-order valence-corrected chi connectivity index (χ4v) is 17.8. The number of benzene rings is 7. The van der Waals surface area contributed by atoms with Crippen molar-refractivity contribution in [2.75, 3.05) is 39.8 Å². The van der Waals surface area contributed by atoms with Gasteiger partial charge in [0.25, 0.3) is 0 Å². The number of aromatic nitrogens is 19. The Kier molecular flexibility index (Phi) is 31.1. The monoisotopic (exact) mass is 2000 g/mol. The zero-order valence-corrected chi connectivity index (χ0v) is 81.1. The molecule has 140 heavy (non-hydrogen) atoms. The second-order valence-electron chi connectivity index (χ2n) is 34.6. The van der Waals surface area contributed by atoms with E-state index < -0.39 is 41.4 Å². The van der Waals surface area contributed by atoms with Crippen LogP contribution in [0, 0.1) is 20.8 Å². The van der Waals surface area contributed by atoms with Crippen molar-refractivity contribution in [3.8, 4) is 62.3 Å². The highest BCUT2D eigenvalue weighted by Gasteiger charge is 2.49. The molecule has 4 aliphatic rings. The maximum atomic E-state index is 13.8. The summed E-state index contributed by atoms with van der Waals surface area (Å²) in [7, 11) is 1.60. The highest BCUT2D eigenvalue weighted by atomic mass is 35.5. The van der Waals surface area contributed by atoms with E-state index in [0.717, 1.165) is 57.5 Å². The zero-order valence-electron chi connectivity index (χ0n) is 76.6. The number of hydrogen-bond acceptors (Lipinski definition) is 23. The van der Waals surface area contributed by atoms with E-state index in [2.05, 4.69) is 82.5 Å². The molecule has 0 aliphatic carbocycles. The molecule has 1 unspecified atom stereocenters. The van der Waals surface area contributed by atoms with Crippen LogP contribution < -0.4 is 25.4 Å². The Morgan fingerprint density at radius 3 is 1.21 bits per heavy atom. The summed E-state index contributed by atoms with van der Waals surface area (Å²) in [5.74, 6) is 0.657. The molecule has 7 aromatic heterocycles. The van der Waals surface area contributed by atoms with Crippen molar-refractivity contribution in [2.45, 2.75) is 128 Å². The molecule has 7 aromatic carbocycles. The first-order chi connectivity index (χ1) is 67.4. The highest BCUT2D eigenvalue weighted by molar-refractivity contribution is 6.33. The van der Waals surface area contributed by atoms with E-state index in [4.69, 9.17) is 98.8 Å². The second-order valence-corrected chi connectivity index (χ2v) is 37.0. The number of amides is 7. The summed E-state index contributed by atoms with van der Waals surface area (Å²) >= 11 is 38.5. The Hall–Kier alpha value is -14.8. The van der Waals surface area contributed by atoms with Gasteiger partial charge in [0, 0.05) is 98.7 Å². The number of nitrogens with zero attached hydrogens (tertiary/aromatic N) is 20. The molecule has 0 radical (unpaired) electrons. The first-order valence-electron chi connectivity index (χ1n) is 44.5. The molecule has 2 bridgehead atoms. The Morgan fingerprint density at radius 2 is 0.843 bits per heavy atom. The summed E-state index contributed by atoms with van der Waals surface area (Å²) in [5.41, 5.74) is 11.4. The van der Waals surface area contributed by atoms with Crippen molar-refractivity contribution in [3.63, 3.8) is 0 Å². The number of H-pyrrole nitrogens is 3. The molecule has 0 saturated carbocycles. The summed E-state index contributed by atoms with van der Waals surface area (Å²) in [6.07, 6.45) is 18.4. The normalized spacial score (nSPS) is 15.8. The van der Waals surface area contributed by atoms with E-state index in [9.17, 15) is 33.6 Å². The number of nitrogens with one attached hydrogen (secondary N) is 6. The highest BCUT2D eigenvalue weighted by Crippen LogP contribution is 2.39. The lowest BCUT2D eigenvalue weighted by atomic mass is 10.1. The minimum atomic E-state index is -0.842. The number of tetrazole rings is 3. The minimum absolute atomic E-state index is 0.0224. The topological polar surface area (TPSA) is 426 Å². The number of methoxy groups -OCH3 is 1. The van der Waals surface area contributed by atoms with Crippen molar-refractivity contribution in [1.29, 1.82) is 0 Å². The number of pyridine rings is 1. The molecular weight excluding hydrogens is 1910 g/mol. The standard InChI is InChI=1S/C33H35Cl2N9O4.C33H30Cl2N8O4.C32H29Cl2N9O2/c1-19-5-7-20(8-6-19)29-30(35)39-31(38-29)25(15-28(46)42-16-24-14-23(42)17-43(24)32(47)48-33(2,3)4)37-27(45)12-9-21-13-22(34)10-11-26(21)44-18-36-40-41-44;1-20-3-5-21(6-4-20)31-32(35)39-33(38-31)27(16-30(45)42-17-26(18-42)47-25-11-9-24(46-2)10-12-25)37-29(44)14-7-22-15-23(34)8-13-28(22)43-19-36-40-41-43;1-20-4-6-22(7-5-20)30-31(34)39-32(38-30)25(18-29(45)42-16-2-3-26(42)21-12-14-35-15-13-21)37-28(44)11-8-23-17-24(33)9-10-27(23)43-19-36-40-41-43/h5-13,18,23-25H,14-17H2,1-4H3,(H,37,45)(H,38,39);3-15,19,26-27H,16-18H2,1-2H3,(H,37,44)(H,38,39);4-15,17,19,25-26H,2-3,16,18H2,1H3,(H,37,44)(H,38,39)/b12-9+;14-7+;11-8+/t23-,24-,25-;27-;25-,26?/m000/s1. The quantitative estimate of drug-likeness (QED) is 0.0248. The Labute approximate surface area is 833 Å². The summed E-state index contributed by atoms with van der Waals surface area (Å²) in [6, 6.07) is 47.1. The molecule has 0 spiro atoms. The van der Waals surface area contributed by atoms with Crippen LogP contribution in [0.1, 0.15) is 140 Å². The number of halogens is 6. The molecule has 18 rings (SSSR count). The summed E-state index contributed by atoms with van der Waals surface area (Å²) in [4.78, 5) is 128. The third-order valence-corrected chi connectivity index (χ3v) is 25.0. The minimum Gasteiger partial charge on any atom is -0.497 e. The van der Waals surface area contributed by atoms with Crippen LogP contribution in [0.5, 0.6) is 11.5 Å². The summed E-state index contributed by atoms with van der Waals surface area (Å²) in [6.45, 7) is 13.7. The third kappa shape index (κ3) is 24.6. The molecule has 11 heterocycles. The van der Waals surface area contributed by atoms with Gasteiger partial charge in [0.15, 0.2) is 0 Å². The molecule has 42 heteroatoms. The number of piperazine rings is 1. The fourth-order valence-electron chi connectivity index (χ4n) is 16.5. The van der Waals surface area contributed by atoms with Crippen LogP contribution in [-0.2, 0) is 33.5 Å². The van der Waals surface area contributed by atoms with Gasteiger partial charge in [-0.1, -0.05) is 159 Å². The molecule has 7 amide bonds. The number of imidazole rings is 3. The van der Waals surface area contributed by atoms with Crippen LogP contribution in [0.4, 0.5) is 4.79 Å². The molecule has 4 fully saturated rings. The van der Waals surface area contributed by atoms with Gasteiger partial charge in [-0.2, -0.15) is 14.0 Å². The van der Waals surface area contributed by atoms with E-state index in [0.29, 0.717) is 139 Å². The van der Waals surface area contributed by atoms with E-state index in [1.165, 1.54) is 51.3 Å². The number of rotatable bonds is 28. The van der Waals surface area contributed by atoms with Crippen LogP contribution in [0.3, 0.4) is 0 Å². The van der Waals surface area contributed by atoms with E-state index in [-0.39, 0.29) is 72.5 Å². The molecular formula is C98H94Cl6N26O10. The van der Waals surface area contributed by atoms with Crippen molar-refractivity contribution in [2.24, 2.45) is 0 Å². The van der Waals surface area contributed by atoms with Gasteiger partial charge in [0.05, 0.1) is 92.8 Å². The number of carbonyl (C=O) groups is 7. The van der Waals surface area contributed by atoms with Gasteiger partial charge in [-0.3, -0.25) is 33.8 Å². The lowest BCUT2D eigenvalue weighted by molar-refractivity contribution is -0.141. The number of carbonyl (C=O) groups excluding carboxylic acids is 7. The molecule has 36 nitrogen and oxygen atoms in total. The van der Waals surface area contributed by atoms with Crippen LogP contribution in [0.25, 0.3) is 69.1 Å². The van der Waals surface area contributed by atoms with Crippen LogP contribution in [-0.4, -0.2) is 220 Å². The van der Waals surface area contributed by atoms with E-state index in [1.54, 1.807) is 107 Å². The average Bonchev–Trinajstić information content (AvgIpc) is 1.62. The third-order valence-electron chi connectivity index (χ3n) is 23.5. The predicted octanol–water partition coefficient (Wildman–Crippen LogP) is 16.1. The van der Waals surface area contributed by atoms with Gasteiger partial charge in [0.2, 0.25) is 35.4 Å². The molecule has 14 aromatic rings. The van der Waals surface area contributed by atoms with E-state index >= 15 is 0 Å². The maximum Gasteiger partial charge on any atom is 0.410 e. The van der Waals surface area contributed by atoms with Crippen LogP contribution in [0.2, 0.25) is 30.5 Å². The van der Waals surface area contributed by atoms with Crippen molar-refractivity contribution < 1.29 is 47.8 Å². The van der Waals surface area contributed by atoms with Crippen LogP contribution in [0.15, 0.2) is 213 Å². The number of hydrogen-bond donors (Lipinski definition) is 6. The lowest BCUT2D eigenvalue weighted by Crippen LogP contribution is -2.56. The summed E-state index contributed by atoms with van der Waals surface area (Å²) in [5, 5.41) is 45.0. The molecule has 4 saturated heterocycles. The predicted molar refractivity (Wildman–Crippen MR) is 526 cm³/mol. The van der Waals surface area contributed by atoms with Gasteiger partial charge >= 0.3 is 6.09 Å². The molecule has 718 valence electrons. The lowest BCUT2D eigenvalue weighted by Gasteiger charge is -2.39. The first kappa shape index (κ1) is 98.2. The Bertz CT molecular complexity index is 6850. The van der Waals surface area contributed by atoms with Gasteiger partial charge in [-0.15, -0.1) is 15.3 Å². The van der Waals surface area contributed by atoms with Crippen molar-refractivity contribution in [1.82, 2.24) is 131 Å². The van der Waals surface area contributed by atoms with Crippen molar-refractivity contribution >= 4 is 129 Å². The molecule has 6 N–H and O–H groups in total. The average molecular weight is 2010 g/mol. The number of aryl methyl sites for hydroxylation is 3. The van der Waals surface area contributed by atoms with Gasteiger partial charge in [-0.25, -0.2) is 19.7 Å². The largest absolute Gasteiger partial charge is 0.497 e. The summed E-state index contributed by atoms with van der Waals surface area (Å²) < 4.78 is 21.2. The first-order valence-corrected chi connectivity index (χ1v) is 46.8. The Morgan fingerprint density at radius 1 is 0.464 bits per heavy atom. The SMILES string of the molecule is COc1ccc(OC2CN(C(=O)C[C@H](NC(=O)/C=C/c3cc(Cl)ccc3-n3cnnn3)c3nc(-c4ccc(C)cc4)c(Cl)[nH]3)C2)cc1.Cc1ccc(-c2nc([C@H](CC(=O)N3CCCC3c3ccncc3)NC(=O)/C=C/c3cc(Cl)ccc3-n3cnnn3)[nH]c2Cl)cc1.Cc1ccc(-c2nc([C@H](CC(=O)N3C[C@@H]4C[C@H]3CN4C(=O)OC(C)(C)C)NC(=O)/C=C/c3cc(Cl)ccc3-n3cnnn3)[nH]c2Cl)cc1. The van der Waals surface area contributed by atoms with Gasteiger partial charge < -0.3 is 64.7 Å². The molecule has 6 atom stereocenters. The number of ether oxygens (including phenoxy) is 3. The Balaban J connectivity index is 0.000000151. The van der Waals surface area contributed by atoms with Crippen LogP contribution >= 0.6 is 69.6 Å². The number of likely N-dealkylation sites (tertiary alicyclic amines) is 4.